The van der Waals surface area contributed by atoms with Gasteiger partial charge in [-0.2, -0.15) is 5.26 Å². The molecule has 2 aromatic rings. The van der Waals surface area contributed by atoms with E-state index in [1.165, 1.54) is 0 Å². The molecule has 0 unspecified atom stereocenters. The number of benzene rings is 1. The Hall–Kier alpha value is -2.07. The monoisotopic (exact) mass is 303 g/mol. The maximum absolute atomic E-state index is 8.83. The summed E-state index contributed by atoms with van der Waals surface area (Å²) >= 11 is 1.56. The van der Waals surface area contributed by atoms with Crippen LogP contribution in [0.25, 0.3) is 0 Å². The summed E-state index contributed by atoms with van der Waals surface area (Å²) in [6.07, 6.45) is 0. The van der Waals surface area contributed by atoms with E-state index in [0.29, 0.717) is 23.8 Å². The average molecular weight is 303 g/mol. The highest BCUT2D eigenvalue weighted by atomic mass is 32.2. The Morgan fingerprint density at radius 1 is 1.43 bits per heavy atom. The molecule has 0 amide bonds. The minimum absolute atomic E-state index is 0.498. The van der Waals surface area contributed by atoms with Crippen molar-refractivity contribution >= 4 is 11.8 Å². The minimum atomic E-state index is 0.498. The number of rotatable bonds is 7. The molecular weight excluding hydrogens is 286 g/mol. The van der Waals surface area contributed by atoms with Crippen molar-refractivity contribution in [1.82, 2.24) is 20.2 Å². The van der Waals surface area contributed by atoms with E-state index in [1.54, 1.807) is 23.9 Å². The van der Waals surface area contributed by atoms with Gasteiger partial charge in [-0.05, 0) is 34.5 Å². The van der Waals surface area contributed by atoms with E-state index >= 15 is 0 Å². The number of hydrogen-bond donors (Lipinski definition) is 0. The summed E-state index contributed by atoms with van der Waals surface area (Å²) in [5.74, 6) is 1.95. The van der Waals surface area contributed by atoms with Crippen LogP contribution in [0.5, 0.6) is 5.75 Å². The second-order valence-corrected chi connectivity index (χ2v) is 5.94. The lowest BCUT2D eigenvalue weighted by molar-refractivity contribution is 0.343. The molecule has 0 fully saturated rings. The van der Waals surface area contributed by atoms with Crippen LogP contribution in [0.1, 0.15) is 19.4 Å². The Kier molecular flexibility index (Phi) is 5.58. The Bertz CT molecular complexity index is 620. The zero-order chi connectivity index (χ0) is 15.1. The summed E-state index contributed by atoms with van der Waals surface area (Å²) in [6.45, 7) is 5.59. The number of aromatic nitrogens is 4. The van der Waals surface area contributed by atoms with Gasteiger partial charge in [-0.3, -0.25) is 0 Å². The largest absolute Gasteiger partial charge is 0.493 e. The van der Waals surface area contributed by atoms with E-state index in [4.69, 9.17) is 10.00 Å². The highest BCUT2D eigenvalue weighted by molar-refractivity contribution is 7.99. The molecule has 6 nitrogen and oxygen atoms in total. The van der Waals surface area contributed by atoms with Crippen LogP contribution in [0.4, 0.5) is 0 Å². The Morgan fingerprint density at radius 2 is 2.29 bits per heavy atom. The van der Waals surface area contributed by atoms with Crippen molar-refractivity contribution < 1.29 is 4.74 Å². The van der Waals surface area contributed by atoms with E-state index < -0.39 is 0 Å². The quantitative estimate of drug-likeness (QED) is 0.577. The standard InChI is InChI=1S/C14H17N5OS/c1-11(2)10-19-14(16-17-18-19)21-7-6-20-13-5-3-4-12(8-13)9-15/h3-5,8,11H,6-7,10H2,1-2H3. The van der Waals surface area contributed by atoms with Gasteiger partial charge >= 0.3 is 0 Å². The number of nitrogens with zero attached hydrogens (tertiary/aromatic N) is 5. The molecular formula is C14H17N5OS. The van der Waals surface area contributed by atoms with Crippen molar-refractivity contribution in [3.05, 3.63) is 29.8 Å². The maximum Gasteiger partial charge on any atom is 0.209 e. The van der Waals surface area contributed by atoms with Crippen LogP contribution >= 0.6 is 11.8 Å². The van der Waals surface area contributed by atoms with Crippen molar-refractivity contribution in [3.63, 3.8) is 0 Å². The normalized spacial score (nSPS) is 10.6. The average Bonchev–Trinajstić information content (AvgIpc) is 2.90. The molecule has 1 heterocycles. The van der Waals surface area contributed by atoms with Gasteiger partial charge in [0.15, 0.2) is 0 Å². The third-order valence-corrected chi connectivity index (χ3v) is 3.50. The van der Waals surface area contributed by atoms with Gasteiger partial charge in [0.05, 0.1) is 18.2 Å². The van der Waals surface area contributed by atoms with Gasteiger partial charge < -0.3 is 4.74 Å². The molecule has 1 aromatic heterocycles. The van der Waals surface area contributed by atoms with E-state index in [9.17, 15) is 0 Å². The summed E-state index contributed by atoms with van der Waals surface area (Å²) in [7, 11) is 0. The van der Waals surface area contributed by atoms with E-state index in [1.807, 2.05) is 16.8 Å². The highest BCUT2D eigenvalue weighted by Crippen LogP contribution is 2.16. The van der Waals surface area contributed by atoms with Crippen molar-refractivity contribution in [2.75, 3.05) is 12.4 Å². The lowest BCUT2D eigenvalue weighted by atomic mass is 10.2. The molecule has 0 atom stereocenters. The molecule has 0 aliphatic carbocycles. The SMILES string of the molecule is CC(C)Cn1nnnc1SCCOc1cccc(C#N)c1. The number of nitriles is 1. The fourth-order valence-corrected chi connectivity index (χ4v) is 2.41. The third kappa shape index (κ3) is 4.76. The summed E-state index contributed by atoms with van der Waals surface area (Å²) in [5.41, 5.74) is 0.598. The van der Waals surface area contributed by atoms with Gasteiger partial charge in [0.1, 0.15) is 5.75 Å². The third-order valence-electron chi connectivity index (χ3n) is 2.58. The molecule has 0 spiro atoms. The van der Waals surface area contributed by atoms with Gasteiger partial charge in [0.2, 0.25) is 5.16 Å². The summed E-state index contributed by atoms with van der Waals surface area (Å²) < 4.78 is 7.43. The summed E-state index contributed by atoms with van der Waals surface area (Å²) in [5, 5.41) is 21.3. The fraction of sp³-hybridized carbons (Fsp3) is 0.429. The van der Waals surface area contributed by atoms with Crippen LogP contribution in [0.15, 0.2) is 29.4 Å². The highest BCUT2D eigenvalue weighted by Gasteiger charge is 2.08. The Morgan fingerprint density at radius 3 is 3.05 bits per heavy atom. The molecule has 21 heavy (non-hydrogen) atoms. The maximum atomic E-state index is 8.83. The lowest BCUT2D eigenvalue weighted by Crippen LogP contribution is -2.08. The Balaban J connectivity index is 1.79. The summed E-state index contributed by atoms with van der Waals surface area (Å²) in [4.78, 5) is 0. The zero-order valence-corrected chi connectivity index (χ0v) is 12.9. The van der Waals surface area contributed by atoms with E-state index in [0.717, 1.165) is 17.5 Å². The van der Waals surface area contributed by atoms with Crippen molar-refractivity contribution in [2.24, 2.45) is 5.92 Å². The smallest absolute Gasteiger partial charge is 0.209 e. The summed E-state index contributed by atoms with van der Waals surface area (Å²) in [6, 6.07) is 9.22. The first-order valence-electron chi connectivity index (χ1n) is 6.71. The molecule has 2 rings (SSSR count). The number of ether oxygens (including phenoxy) is 1. The number of hydrogen-bond acceptors (Lipinski definition) is 6. The molecule has 0 saturated carbocycles. The minimum Gasteiger partial charge on any atom is -0.493 e. The Labute approximate surface area is 128 Å². The molecule has 0 radical (unpaired) electrons. The van der Waals surface area contributed by atoms with Crippen molar-refractivity contribution in [3.8, 4) is 11.8 Å². The van der Waals surface area contributed by atoms with Crippen LogP contribution < -0.4 is 4.74 Å². The van der Waals surface area contributed by atoms with Crippen molar-refractivity contribution in [2.45, 2.75) is 25.5 Å². The van der Waals surface area contributed by atoms with Gasteiger partial charge in [-0.25, -0.2) is 4.68 Å². The second-order valence-electron chi connectivity index (χ2n) is 4.87. The zero-order valence-electron chi connectivity index (χ0n) is 12.1. The first-order valence-corrected chi connectivity index (χ1v) is 7.69. The first kappa shape index (κ1) is 15.3. The first-order chi connectivity index (χ1) is 10.2. The molecule has 110 valence electrons. The van der Waals surface area contributed by atoms with Gasteiger partial charge in [0, 0.05) is 12.3 Å². The van der Waals surface area contributed by atoms with Crippen LogP contribution in [0.2, 0.25) is 0 Å². The number of tetrazole rings is 1. The predicted octanol–water partition coefficient (Wildman–Crippen LogP) is 2.37. The molecule has 0 N–H and O–H groups in total. The van der Waals surface area contributed by atoms with Crippen molar-refractivity contribution in [1.29, 1.82) is 5.26 Å². The molecule has 0 saturated heterocycles. The van der Waals surface area contributed by atoms with Gasteiger partial charge in [-0.1, -0.05) is 31.7 Å². The fourth-order valence-electron chi connectivity index (χ4n) is 1.71. The predicted molar refractivity (Wildman–Crippen MR) is 80.0 cm³/mol. The van der Waals surface area contributed by atoms with Crippen LogP contribution in [0, 0.1) is 17.2 Å². The van der Waals surface area contributed by atoms with Crippen LogP contribution in [-0.2, 0) is 6.54 Å². The van der Waals surface area contributed by atoms with Crippen LogP contribution in [0.3, 0.4) is 0 Å². The van der Waals surface area contributed by atoms with Gasteiger partial charge in [-0.15, -0.1) is 5.10 Å². The topological polar surface area (TPSA) is 76.6 Å². The molecule has 0 aliphatic heterocycles. The van der Waals surface area contributed by atoms with E-state index in [2.05, 4.69) is 35.4 Å². The molecule has 7 heteroatoms. The molecule has 0 aliphatic rings. The second kappa shape index (κ2) is 7.64. The van der Waals surface area contributed by atoms with Crippen LogP contribution in [-0.4, -0.2) is 32.6 Å². The lowest BCUT2D eigenvalue weighted by Gasteiger charge is -2.07. The van der Waals surface area contributed by atoms with Gasteiger partial charge in [0.25, 0.3) is 0 Å². The molecule has 1 aromatic carbocycles. The number of thioether (sulfide) groups is 1. The van der Waals surface area contributed by atoms with E-state index in [-0.39, 0.29) is 0 Å². The molecule has 0 bridgehead atoms.